The molecule has 0 heterocycles. The van der Waals surface area contributed by atoms with Crippen LogP contribution in [0.5, 0.6) is 11.5 Å². The fraction of sp³-hybridized carbons (Fsp3) is 0.316. The molecule has 1 aliphatic carbocycles. The van der Waals surface area contributed by atoms with E-state index in [4.69, 9.17) is 10.5 Å². The number of hydrogen-bond donors (Lipinski definition) is 2. The van der Waals surface area contributed by atoms with Crippen molar-refractivity contribution in [3.05, 3.63) is 59.9 Å². The van der Waals surface area contributed by atoms with Gasteiger partial charge >= 0.3 is 0 Å². The van der Waals surface area contributed by atoms with Crippen LogP contribution in [0.15, 0.2) is 48.5 Å². The molecule has 5 heteroatoms. The second-order valence-corrected chi connectivity index (χ2v) is 6.12. The van der Waals surface area contributed by atoms with E-state index in [1.165, 1.54) is 12.1 Å². The summed E-state index contributed by atoms with van der Waals surface area (Å²) in [5.41, 5.74) is 6.94. The zero-order valence-corrected chi connectivity index (χ0v) is 13.4. The molecule has 3 N–H and O–H groups in total. The number of carbonyl (C=O) groups excluding carboxylic acids is 1. The molecule has 4 nitrogen and oxygen atoms in total. The van der Waals surface area contributed by atoms with Crippen LogP contribution in [0.1, 0.15) is 24.8 Å². The van der Waals surface area contributed by atoms with E-state index in [0.29, 0.717) is 18.0 Å². The van der Waals surface area contributed by atoms with Gasteiger partial charge < -0.3 is 15.8 Å². The minimum Gasteiger partial charge on any atom is -0.457 e. The lowest BCUT2D eigenvalue weighted by atomic mass is 10.0. The van der Waals surface area contributed by atoms with Gasteiger partial charge in [0.05, 0.1) is 5.92 Å². The summed E-state index contributed by atoms with van der Waals surface area (Å²) in [5.74, 6) is 0.912. The lowest BCUT2D eigenvalue weighted by Gasteiger charge is -2.15. The Morgan fingerprint density at radius 3 is 2.29 bits per heavy atom. The van der Waals surface area contributed by atoms with Crippen molar-refractivity contribution in [3.8, 4) is 11.5 Å². The van der Waals surface area contributed by atoms with E-state index in [1.54, 1.807) is 12.1 Å². The minimum absolute atomic E-state index is 0.0171. The van der Waals surface area contributed by atoms with Crippen LogP contribution in [0.2, 0.25) is 0 Å². The standard InChI is InChI=1S/C19H21FN2O2/c20-14-6-10-16(11-7-14)24-15-8-4-13(5-9-15)12-22-19(23)17-2-1-3-18(17)21/h4-11,17-18H,1-3,12,21H2,(H,22,23). The van der Waals surface area contributed by atoms with E-state index in [0.717, 1.165) is 24.8 Å². The lowest BCUT2D eigenvalue weighted by molar-refractivity contribution is -0.125. The van der Waals surface area contributed by atoms with Crippen LogP contribution in [-0.2, 0) is 11.3 Å². The normalized spacial score (nSPS) is 19.9. The molecule has 0 aromatic heterocycles. The molecule has 2 unspecified atom stereocenters. The molecule has 126 valence electrons. The third-order valence-corrected chi connectivity index (χ3v) is 4.35. The van der Waals surface area contributed by atoms with E-state index >= 15 is 0 Å². The molecule has 1 saturated carbocycles. The Morgan fingerprint density at radius 2 is 1.71 bits per heavy atom. The summed E-state index contributed by atoms with van der Waals surface area (Å²) in [6, 6.07) is 13.3. The Balaban J connectivity index is 1.52. The molecule has 0 saturated heterocycles. The highest BCUT2D eigenvalue weighted by Crippen LogP contribution is 2.24. The van der Waals surface area contributed by atoms with E-state index in [1.807, 2.05) is 24.3 Å². The van der Waals surface area contributed by atoms with Crippen molar-refractivity contribution in [1.29, 1.82) is 0 Å². The van der Waals surface area contributed by atoms with Gasteiger partial charge in [-0.3, -0.25) is 4.79 Å². The average molecular weight is 328 g/mol. The first-order valence-corrected chi connectivity index (χ1v) is 8.17. The highest BCUT2D eigenvalue weighted by Gasteiger charge is 2.29. The SMILES string of the molecule is NC1CCCC1C(=O)NCc1ccc(Oc2ccc(F)cc2)cc1. The van der Waals surface area contributed by atoms with Gasteiger partial charge in [-0.05, 0) is 54.8 Å². The maximum atomic E-state index is 12.9. The summed E-state index contributed by atoms with van der Waals surface area (Å²) in [4.78, 5) is 12.1. The van der Waals surface area contributed by atoms with Crippen LogP contribution in [-0.4, -0.2) is 11.9 Å². The van der Waals surface area contributed by atoms with Crippen LogP contribution in [0.3, 0.4) is 0 Å². The zero-order valence-electron chi connectivity index (χ0n) is 13.4. The Kier molecular flexibility index (Phi) is 5.11. The Labute approximate surface area is 140 Å². The molecule has 0 aliphatic heterocycles. The van der Waals surface area contributed by atoms with E-state index < -0.39 is 0 Å². The molecule has 0 spiro atoms. The molecule has 2 atom stereocenters. The van der Waals surface area contributed by atoms with Gasteiger partial charge in [-0.2, -0.15) is 0 Å². The monoisotopic (exact) mass is 328 g/mol. The Morgan fingerprint density at radius 1 is 1.08 bits per heavy atom. The average Bonchev–Trinajstić information content (AvgIpc) is 3.02. The second kappa shape index (κ2) is 7.45. The van der Waals surface area contributed by atoms with Gasteiger partial charge in [0.2, 0.25) is 5.91 Å². The molecule has 2 aromatic rings. The summed E-state index contributed by atoms with van der Waals surface area (Å²) in [7, 11) is 0. The zero-order chi connectivity index (χ0) is 16.9. The molecule has 3 rings (SSSR count). The van der Waals surface area contributed by atoms with Crippen LogP contribution in [0, 0.1) is 11.7 Å². The number of rotatable bonds is 5. The maximum Gasteiger partial charge on any atom is 0.224 e. The van der Waals surface area contributed by atoms with Gasteiger partial charge in [-0.15, -0.1) is 0 Å². The first-order chi connectivity index (χ1) is 11.6. The molecule has 2 aromatic carbocycles. The van der Waals surface area contributed by atoms with Crippen molar-refractivity contribution in [1.82, 2.24) is 5.32 Å². The summed E-state index contributed by atoms with van der Waals surface area (Å²) < 4.78 is 18.5. The summed E-state index contributed by atoms with van der Waals surface area (Å²) in [6.07, 6.45) is 2.82. The van der Waals surface area contributed by atoms with Crippen LogP contribution < -0.4 is 15.8 Å². The van der Waals surface area contributed by atoms with Gasteiger partial charge in [0, 0.05) is 12.6 Å². The Hall–Kier alpha value is -2.40. The van der Waals surface area contributed by atoms with Gasteiger partial charge in [0.15, 0.2) is 0 Å². The fourth-order valence-electron chi connectivity index (χ4n) is 2.95. The van der Waals surface area contributed by atoms with Crippen LogP contribution >= 0.6 is 0 Å². The Bertz CT molecular complexity index is 686. The largest absolute Gasteiger partial charge is 0.457 e. The van der Waals surface area contributed by atoms with Gasteiger partial charge in [-0.1, -0.05) is 18.6 Å². The summed E-state index contributed by atoms with van der Waals surface area (Å²) in [5, 5.41) is 2.95. The summed E-state index contributed by atoms with van der Waals surface area (Å²) in [6.45, 7) is 0.471. The van der Waals surface area contributed by atoms with E-state index in [-0.39, 0.29) is 23.7 Å². The van der Waals surface area contributed by atoms with Gasteiger partial charge in [0.25, 0.3) is 0 Å². The third-order valence-electron chi connectivity index (χ3n) is 4.35. The molecule has 24 heavy (non-hydrogen) atoms. The van der Waals surface area contributed by atoms with Crippen molar-refractivity contribution in [2.24, 2.45) is 11.7 Å². The number of benzene rings is 2. The highest BCUT2D eigenvalue weighted by molar-refractivity contribution is 5.79. The quantitative estimate of drug-likeness (QED) is 0.884. The van der Waals surface area contributed by atoms with E-state index in [2.05, 4.69) is 5.32 Å². The molecule has 0 radical (unpaired) electrons. The molecular weight excluding hydrogens is 307 g/mol. The number of nitrogens with one attached hydrogen (secondary N) is 1. The highest BCUT2D eigenvalue weighted by atomic mass is 19.1. The first-order valence-electron chi connectivity index (χ1n) is 8.17. The molecule has 1 aliphatic rings. The molecular formula is C19H21FN2O2. The number of hydrogen-bond acceptors (Lipinski definition) is 3. The van der Waals surface area contributed by atoms with Gasteiger partial charge in [0.1, 0.15) is 17.3 Å². The van der Waals surface area contributed by atoms with Crippen LogP contribution in [0.4, 0.5) is 4.39 Å². The predicted molar refractivity (Wildman–Crippen MR) is 90.1 cm³/mol. The predicted octanol–water partition coefficient (Wildman–Crippen LogP) is 3.36. The molecule has 0 bridgehead atoms. The molecule has 1 fully saturated rings. The second-order valence-electron chi connectivity index (χ2n) is 6.12. The fourth-order valence-corrected chi connectivity index (χ4v) is 2.95. The van der Waals surface area contributed by atoms with Gasteiger partial charge in [-0.25, -0.2) is 4.39 Å². The molecule has 1 amide bonds. The maximum absolute atomic E-state index is 12.9. The number of ether oxygens (including phenoxy) is 1. The van der Waals surface area contributed by atoms with Crippen molar-refractivity contribution in [2.75, 3.05) is 0 Å². The number of carbonyl (C=O) groups is 1. The number of amides is 1. The number of nitrogens with two attached hydrogens (primary N) is 1. The minimum atomic E-state index is -0.296. The van der Waals surface area contributed by atoms with Crippen LogP contribution in [0.25, 0.3) is 0 Å². The van der Waals surface area contributed by atoms with Crippen molar-refractivity contribution < 1.29 is 13.9 Å². The third kappa shape index (κ3) is 4.11. The van der Waals surface area contributed by atoms with E-state index in [9.17, 15) is 9.18 Å². The number of halogens is 1. The lowest BCUT2D eigenvalue weighted by Crippen LogP contribution is -2.38. The first kappa shape index (κ1) is 16.5. The van der Waals surface area contributed by atoms with Crippen molar-refractivity contribution >= 4 is 5.91 Å². The van der Waals surface area contributed by atoms with Crippen molar-refractivity contribution in [3.63, 3.8) is 0 Å². The van der Waals surface area contributed by atoms with Crippen molar-refractivity contribution in [2.45, 2.75) is 31.8 Å². The topological polar surface area (TPSA) is 64.4 Å². The summed E-state index contributed by atoms with van der Waals surface area (Å²) >= 11 is 0. The smallest absolute Gasteiger partial charge is 0.224 e.